The van der Waals surface area contributed by atoms with Crippen molar-refractivity contribution in [1.29, 1.82) is 0 Å². The maximum atomic E-state index is 13.1. The van der Waals surface area contributed by atoms with E-state index in [9.17, 15) is 9.59 Å². The summed E-state index contributed by atoms with van der Waals surface area (Å²) in [6.07, 6.45) is 2.31. The van der Waals surface area contributed by atoms with Gasteiger partial charge in [-0.2, -0.15) is 0 Å². The minimum Gasteiger partial charge on any atom is -0.379 e. The number of carbonyl (C=O) groups excluding carboxylic acids is 2. The van der Waals surface area contributed by atoms with Crippen LogP contribution in [0, 0.1) is 11.8 Å². The molecule has 0 spiro atoms. The van der Waals surface area contributed by atoms with Crippen LogP contribution in [0.4, 0.5) is 0 Å². The number of morpholine rings is 1. The van der Waals surface area contributed by atoms with E-state index >= 15 is 0 Å². The fourth-order valence-electron chi connectivity index (χ4n) is 4.32. The fraction of sp³-hybridized carbons (Fsp3) is 0.652. The second-order valence-corrected chi connectivity index (χ2v) is 8.60. The van der Waals surface area contributed by atoms with Crippen LogP contribution < -0.4 is 5.32 Å². The Balaban J connectivity index is 1.62. The van der Waals surface area contributed by atoms with Crippen LogP contribution in [0.1, 0.15) is 32.3 Å². The van der Waals surface area contributed by atoms with Gasteiger partial charge in [0.05, 0.1) is 13.2 Å². The summed E-state index contributed by atoms with van der Waals surface area (Å²) in [6.45, 7) is 9.71. The molecule has 160 valence electrons. The Bertz CT molecular complexity index is 659. The van der Waals surface area contributed by atoms with E-state index in [1.54, 1.807) is 0 Å². The molecule has 0 aliphatic carbocycles. The van der Waals surface area contributed by atoms with E-state index in [0.717, 1.165) is 51.3 Å². The predicted molar refractivity (Wildman–Crippen MR) is 113 cm³/mol. The first-order valence-electron chi connectivity index (χ1n) is 11.0. The third-order valence-electron chi connectivity index (χ3n) is 5.89. The molecule has 2 saturated heterocycles. The lowest BCUT2D eigenvalue weighted by atomic mass is 9.96. The summed E-state index contributed by atoms with van der Waals surface area (Å²) in [5, 5.41) is 3.09. The molecule has 2 fully saturated rings. The van der Waals surface area contributed by atoms with Crippen LogP contribution in [0.3, 0.4) is 0 Å². The van der Waals surface area contributed by atoms with Crippen LogP contribution >= 0.6 is 0 Å². The monoisotopic (exact) mass is 401 g/mol. The lowest BCUT2D eigenvalue weighted by Crippen LogP contribution is -2.51. The van der Waals surface area contributed by atoms with Gasteiger partial charge < -0.3 is 15.0 Å². The number of ether oxygens (including phenoxy) is 1. The van der Waals surface area contributed by atoms with E-state index in [2.05, 4.69) is 24.1 Å². The lowest BCUT2D eigenvalue weighted by Gasteiger charge is -2.29. The van der Waals surface area contributed by atoms with Gasteiger partial charge in [0.2, 0.25) is 11.8 Å². The molecule has 2 unspecified atom stereocenters. The highest BCUT2D eigenvalue weighted by molar-refractivity contribution is 5.89. The number of carbonyl (C=O) groups is 2. The van der Waals surface area contributed by atoms with Gasteiger partial charge in [-0.3, -0.25) is 14.5 Å². The molecule has 2 aliphatic rings. The van der Waals surface area contributed by atoms with Gasteiger partial charge in [0.1, 0.15) is 6.04 Å². The lowest BCUT2D eigenvalue weighted by molar-refractivity contribution is -0.139. The second kappa shape index (κ2) is 10.7. The molecule has 2 atom stereocenters. The average Bonchev–Trinajstić information content (AvgIpc) is 3.07. The van der Waals surface area contributed by atoms with Crippen LogP contribution in [-0.2, 0) is 20.7 Å². The third kappa shape index (κ3) is 6.28. The Morgan fingerprint density at radius 2 is 1.90 bits per heavy atom. The molecule has 0 bridgehead atoms. The van der Waals surface area contributed by atoms with Crippen molar-refractivity contribution in [3.8, 4) is 0 Å². The number of hydrogen-bond donors (Lipinski definition) is 1. The minimum atomic E-state index is -0.438. The van der Waals surface area contributed by atoms with Crippen molar-refractivity contribution in [2.24, 2.45) is 11.8 Å². The number of hydrogen-bond acceptors (Lipinski definition) is 4. The summed E-state index contributed by atoms with van der Waals surface area (Å²) in [7, 11) is 0. The van der Waals surface area contributed by atoms with Gasteiger partial charge in [-0.15, -0.1) is 0 Å². The van der Waals surface area contributed by atoms with Gasteiger partial charge in [0.15, 0.2) is 0 Å². The van der Waals surface area contributed by atoms with Crippen molar-refractivity contribution in [2.75, 3.05) is 45.9 Å². The van der Waals surface area contributed by atoms with Crippen molar-refractivity contribution in [2.45, 2.75) is 39.2 Å². The number of nitrogens with zero attached hydrogens (tertiary/aromatic N) is 2. The maximum Gasteiger partial charge on any atom is 0.243 e. The van der Waals surface area contributed by atoms with Crippen LogP contribution in [-0.4, -0.2) is 73.6 Å². The summed E-state index contributed by atoms with van der Waals surface area (Å²) in [5.41, 5.74) is 1.08. The van der Waals surface area contributed by atoms with Gasteiger partial charge in [-0.25, -0.2) is 0 Å². The normalized spacial score (nSPS) is 21.6. The molecule has 2 heterocycles. The summed E-state index contributed by atoms with van der Waals surface area (Å²) in [4.78, 5) is 30.2. The first kappa shape index (κ1) is 21.8. The maximum absolute atomic E-state index is 13.1. The van der Waals surface area contributed by atoms with Crippen molar-refractivity contribution in [3.05, 3.63) is 35.9 Å². The number of amides is 2. The van der Waals surface area contributed by atoms with Crippen LogP contribution in [0.15, 0.2) is 30.3 Å². The van der Waals surface area contributed by atoms with E-state index in [-0.39, 0.29) is 17.7 Å². The highest BCUT2D eigenvalue weighted by atomic mass is 16.5. The predicted octanol–water partition coefficient (Wildman–Crippen LogP) is 1.94. The van der Waals surface area contributed by atoms with Gasteiger partial charge in [-0.1, -0.05) is 44.2 Å². The quantitative estimate of drug-likeness (QED) is 0.687. The van der Waals surface area contributed by atoms with E-state index in [4.69, 9.17) is 4.74 Å². The molecule has 6 nitrogen and oxygen atoms in total. The SMILES string of the molecule is CC(C)CC1CCN(C(Cc2ccccc2)C(=O)NCCN2CCOCC2)C1=O. The van der Waals surface area contributed by atoms with Gasteiger partial charge in [0, 0.05) is 45.1 Å². The Kier molecular flexibility index (Phi) is 8.07. The fourth-order valence-corrected chi connectivity index (χ4v) is 4.32. The Labute approximate surface area is 174 Å². The summed E-state index contributed by atoms with van der Waals surface area (Å²) >= 11 is 0. The molecular formula is C23H35N3O3. The van der Waals surface area contributed by atoms with Crippen LogP contribution in [0.25, 0.3) is 0 Å². The second-order valence-electron chi connectivity index (χ2n) is 8.60. The Hall–Kier alpha value is -1.92. The molecule has 2 amide bonds. The summed E-state index contributed by atoms with van der Waals surface area (Å²) < 4.78 is 5.38. The molecule has 1 aromatic rings. The molecule has 0 radical (unpaired) electrons. The Morgan fingerprint density at radius 3 is 2.59 bits per heavy atom. The van der Waals surface area contributed by atoms with E-state index in [0.29, 0.717) is 25.4 Å². The molecule has 1 aromatic carbocycles. The molecule has 29 heavy (non-hydrogen) atoms. The van der Waals surface area contributed by atoms with Crippen molar-refractivity contribution in [1.82, 2.24) is 15.1 Å². The number of rotatable bonds is 9. The largest absolute Gasteiger partial charge is 0.379 e. The van der Waals surface area contributed by atoms with E-state index in [1.165, 1.54) is 0 Å². The zero-order chi connectivity index (χ0) is 20.6. The molecule has 1 N–H and O–H groups in total. The topological polar surface area (TPSA) is 61.9 Å². The van der Waals surface area contributed by atoms with E-state index in [1.807, 2.05) is 35.2 Å². The smallest absolute Gasteiger partial charge is 0.243 e. The van der Waals surface area contributed by atoms with Crippen molar-refractivity contribution in [3.63, 3.8) is 0 Å². The average molecular weight is 402 g/mol. The van der Waals surface area contributed by atoms with Gasteiger partial charge in [0.25, 0.3) is 0 Å². The summed E-state index contributed by atoms with van der Waals surface area (Å²) in [6, 6.07) is 9.55. The van der Waals surface area contributed by atoms with Crippen molar-refractivity contribution >= 4 is 11.8 Å². The standard InChI is InChI=1S/C23H35N3O3/c1-18(2)16-20-8-10-26(23(20)28)21(17-19-6-4-3-5-7-19)22(27)24-9-11-25-12-14-29-15-13-25/h3-7,18,20-21H,8-17H2,1-2H3,(H,24,27). The van der Waals surface area contributed by atoms with Crippen molar-refractivity contribution < 1.29 is 14.3 Å². The Morgan fingerprint density at radius 1 is 1.17 bits per heavy atom. The first-order valence-corrected chi connectivity index (χ1v) is 11.0. The zero-order valence-corrected chi connectivity index (χ0v) is 17.8. The number of likely N-dealkylation sites (tertiary alicyclic amines) is 1. The number of nitrogens with one attached hydrogen (secondary N) is 1. The minimum absolute atomic E-state index is 0.0411. The first-order chi connectivity index (χ1) is 14.0. The molecule has 0 saturated carbocycles. The molecule has 6 heteroatoms. The third-order valence-corrected chi connectivity index (χ3v) is 5.89. The molecule has 3 rings (SSSR count). The highest BCUT2D eigenvalue weighted by Gasteiger charge is 2.38. The van der Waals surface area contributed by atoms with Gasteiger partial charge >= 0.3 is 0 Å². The van der Waals surface area contributed by atoms with Crippen LogP contribution in [0.5, 0.6) is 0 Å². The molecule has 2 aliphatic heterocycles. The molecule has 0 aromatic heterocycles. The number of benzene rings is 1. The highest BCUT2D eigenvalue weighted by Crippen LogP contribution is 2.27. The van der Waals surface area contributed by atoms with E-state index < -0.39 is 6.04 Å². The summed E-state index contributed by atoms with van der Waals surface area (Å²) in [5.74, 6) is 0.636. The molecular weight excluding hydrogens is 366 g/mol. The van der Waals surface area contributed by atoms with Crippen LogP contribution in [0.2, 0.25) is 0 Å². The zero-order valence-electron chi connectivity index (χ0n) is 17.8. The van der Waals surface area contributed by atoms with Gasteiger partial charge in [-0.05, 0) is 24.3 Å².